The van der Waals surface area contributed by atoms with E-state index in [0.29, 0.717) is 10.7 Å². The van der Waals surface area contributed by atoms with Crippen molar-refractivity contribution in [3.05, 3.63) is 47.0 Å². The van der Waals surface area contributed by atoms with Gasteiger partial charge in [0.1, 0.15) is 5.01 Å². The highest BCUT2D eigenvalue weighted by molar-refractivity contribution is 7.13. The number of carboxylic acid groups (broad SMARTS) is 1. The highest BCUT2D eigenvalue weighted by Gasteiger charge is 2.12. The molecule has 0 saturated heterocycles. The SMILES string of the molecule is Cc1cc(-c2nc(C(=O)O)cs2)nc2ccccc12. The number of pyridine rings is 1. The molecule has 4 nitrogen and oxygen atoms in total. The Morgan fingerprint density at radius 3 is 2.79 bits per heavy atom. The number of carbonyl (C=O) groups is 1. The van der Waals surface area contributed by atoms with Crippen LogP contribution in [0.25, 0.3) is 21.6 Å². The number of para-hydroxylation sites is 1. The van der Waals surface area contributed by atoms with Gasteiger partial charge in [-0.25, -0.2) is 14.8 Å². The second-order valence-corrected chi connectivity index (χ2v) is 5.04. The summed E-state index contributed by atoms with van der Waals surface area (Å²) in [6.45, 7) is 2.01. The molecule has 0 aliphatic rings. The van der Waals surface area contributed by atoms with Crippen LogP contribution in [0.4, 0.5) is 0 Å². The first-order valence-corrected chi connectivity index (χ1v) is 6.59. The molecule has 0 atom stereocenters. The summed E-state index contributed by atoms with van der Waals surface area (Å²) in [6.07, 6.45) is 0. The first-order chi connectivity index (χ1) is 9.15. The van der Waals surface area contributed by atoms with Crippen molar-refractivity contribution < 1.29 is 9.90 Å². The Morgan fingerprint density at radius 2 is 2.05 bits per heavy atom. The van der Waals surface area contributed by atoms with E-state index < -0.39 is 5.97 Å². The summed E-state index contributed by atoms with van der Waals surface area (Å²) in [5.74, 6) is -1.01. The number of aromatic nitrogens is 2. The largest absolute Gasteiger partial charge is 0.476 e. The zero-order valence-electron chi connectivity index (χ0n) is 10.1. The van der Waals surface area contributed by atoms with Crippen molar-refractivity contribution in [3.8, 4) is 10.7 Å². The molecule has 2 heterocycles. The molecule has 1 N–H and O–H groups in total. The van der Waals surface area contributed by atoms with E-state index in [0.717, 1.165) is 16.5 Å². The fraction of sp³-hybridized carbons (Fsp3) is 0.0714. The maximum absolute atomic E-state index is 10.8. The van der Waals surface area contributed by atoms with Gasteiger partial charge in [0.2, 0.25) is 0 Å². The Balaban J connectivity index is 2.16. The van der Waals surface area contributed by atoms with Crippen LogP contribution in [0.15, 0.2) is 35.7 Å². The van der Waals surface area contributed by atoms with Crippen LogP contribution in [-0.4, -0.2) is 21.0 Å². The predicted molar refractivity (Wildman–Crippen MR) is 74.5 cm³/mol. The Bertz CT molecular complexity index is 780. The van der Waals surface area contributed by atoms with Crippen molar-refractivity contribution in [2.45, 2.75) is 6.92 Å². The monoisotopic (exact) mass is 270 g/mol. The van der Waals surface area contributed by atoms with Crippen molar-refractivity contribution in [3.63, 3.8) is 0 Å². The van der Waals surface area contributed by atoms with Gasteiger partial charge in [0.05, 0.1) is 11.2 Å². The van der Waals surface area contributed by atoms with E-state index in [1.807, 2.05) is 37.3 Å². The number of carboxylic acids is 1. The summed E-state index contributed by atoms with van der Waals surface area (Å²) in [5.41, 5.74) is 2.78. The van der Waals surface area contributed by atoms with Gasteiger partial charge in [-0.15, -0.1) is 11.3 Å². The van der Waals surface area contributed by atoms with E-state index in [1.54, 1.807) is 0 Å². The molecule has 0 radical (unpaired) electrons. The van der Waals surface area contributed by atoms with Crippen molar-refractivity contribution in [1.29, 1.82) is 0 Å². The van der Waals surface area contributed by atoms with Crippen molar-refractivity contribution in [2.24, 2.45) is 0 Å². The molecular weight excluding hydrogens is 260 g/mol. The molecule has 0 aliphatic heterocycles. The van der Waals surface area contributed by atoms with Gasteiger partial charge in [0, 0.05) is 10.8 Å². The van der Waals surface area contributed by atoms with E-state index in [2.05, 4.69) is 9.97 Å². The van der Waals surface area contributed by atoms with E-state index in [1.165, 1.54) is 16.7 Å². The molecule has 0 saturated carbocycles. The second kappa shape index (κ2) is 4.44. The summed E-state index contributed by atoms with van der Waals surface area (Å²) < 4.78 is 0. The number of nitrogens with zero attached hydrogens (tertiary/aromatic N) is 2. The first kappa shape index (κ1) is 11.8. The van der Waals surface area contributed by atoms with Crippen molar-refractivity contribution >= 4 is 28.2 Å². The number of hydrogen-bond acceptors (Lipinski definition) is 4. The minimum Gasteiger partial charge on any atom is -0.476 e. The normalized spacial score (nSPS) is 10.8. The zero-order chi connectivity index (χ0) is 13.4. The number of fused-ring (bicyclic) bond motifs is 1. The van der Waals surface area contributed by atoms with Crippen LogP contribution in [-0.2, 0) is 0 Å². The maximum Gasteiger partial charge on any atom is 0.355 e. The molecule has 0 unspecified atom stereocenters. The topological polar surface area (TPSA) is 63.1 Å². The van der Waals surface area contributed by atoms with Crippen LogP contribution >= 0.6 is 11.3 Å². The zero-order valence-corrected chi connectivity index (χ0v) is 10.9. The molecule has 0 fully saturated rings. The number of hydrogen-bond donors (Lipinski definition) is 1. The summed E-state index contributed by atoms with van der Waals surface area (Å²) >= 11 is 1.29. The highest BCUT2D eigenvalue weighted by atomic mass is 32.1. The lowest BCUT2D eigenvalue weighted by Crippen LogP contribution is -1.96. The molecule has 2 aromatic heterocycles. The van der Waals surface area contributed by atoms with Gasteiger partial charge in [-0.3, -0.25) is 0 Å². The lowest BCUT2D eigenvalue weighted by atomic mass is 10.1. The van der Waals surface area contributed by atoms with Crippen molar-refractivity contribution in [2.75, 3.05) is 0 Å². The lowest BCUT2D eigenvalue weighted by molar-refractivity contribution is 0.0691. The van der Waals surface area contributed by atoms with Gasteiger partial charge in [-0.1, -0.05) is 18.2 Å². The third-order valence-electron chi connectivity index (χ3n) is 2.87. The summed E-state index contributed by atoms with van der Waals surface area (Å²) in [4.78, 5) is 19.5. The van der Waals surface area contributed by atoms with Crippen LogP contribution in [0.5, 0.6) is 0 Å². The molecule has 0 aliphatic carbocycles. The fourth-order valence-electron chi connectivity index (χ4n) is 1.95. The molecule has 5 heteroatoms. The van der Waals surface area contributed by atoms with E-state index in [-0.39, 0.29) is 5.69 Å². The van der Waals surface area contributed by atoms with E-state index in [9.17, 15) is 4.79 Å². The molecule has 19 heavy (non-hydrogen) atoms. The molecular formula is C14H10N2O2S. The third kappa shape index (κ3) is 2.08. The highest BCUT2D eigenvalue weighted by Crippen LogP contribution is 2.26. The number of aryl methyl sites for hydroxylation is 1. The molecule has 0 spiro atoms. The summed E-state index contributed by atoms with van der Waals surface area (Å²) in [6, 6.07) is 9.81. The molecule has 94 valence electrons. The van der Waals surface area contributed by atoms with Gasteiger partial charge in [0.25, 0.3) is 0 Å². The van der Waals surface area contributed by atoms with Crippen LogP contribution < -0.4 is 0 Å². The van der Waals surface area contributed by atoms with Gasteiger partial charge in [-0.05, 0) is 24.6 Å². The molecule has 0 amide bonds. The Hall–Kier alpha value is -2.27. The van der Waals surface area contributed by atoms with Crippen LogP contribution in [0.3, 0.4) is 0 Å². The van der Waals surface area contributed by atoms with Crippen LogP contribution in [0, 0.1) is 6.92 Å². The molecule has 0 bridgehead atoms. The fourth-order valence-corrected chi connectivity index (χ4v) is 2.70. The van der Waals surface area contributed by atoms with E-state index >= 15 is 0 Å². The van der Waals surface area contributed by atoms with E-state index in [4.69, 9.17) is 5.11 Å². The molecule has 1 aromatic carbocycles. The predicted octanol–water partition coefficient (Wildman–Crippen LogP) is 3.36. The third-order valence-corrected chi connectivity index (χ3v) is 3.73. The van der Waals surface area contributed by atoms with Gasteiger partial charge in [0.15, 0.2) is 5.69 Å². The average Bonchev–Trinajstić information content (AvgIpc) is 2.88. The quantitative estimate of drug-likeness (QED) is 0.775. The smallest absolute Gasteiger partial charge is 0.355 e. The molecule has 3 aromatic rings. The van der Waals surface area contributed by atoms with Gasteiger partial charge < -0.3 is 5.11 Å². The van der Waals surface area contributed by atoms with Gasteiger partial charge >= 0.3 is 5.97 Å². The number of rotatable bonds is 2. The second-order valence-electron chi connectivity index (χ2n) is 4.18. The van der Waals surface area contributed by atoms with Crippen molar-refractivity contribution in [1.82, 2.24) is 9.97 Å². The Morgan fingerprint density at radius 1 is 1.26 bits per heavy atom. The number of benzene rings is 1. The number of thiazole rings is 1. The summed E-state index contributed by atoms with van der Waals surface area (Å²) in [7, 11) is 0. The maximum atomic E-state index is 10.8. The Labute approximate surface area is 113 Å². The van der Waals surface area contributed by atoms with Crippen LogP contribution in [0.1, 0.15) is 16.1 Å². The molecule has 3 rings (SSSR count). The summed E-state index contributed by atoms with van der Waals surface area (Å²) in [5, 5.41) is 12.2. The first-order valence-electron chi connectivity index (χ1n) is 5.71. The minimum absolute atomic E-state index is 0.0626. The van der Waals surface area contributed by atoms with Gasteiger partial charge in [-0.2, -0.15) is 0 Å². The van der Waals surface area contributed by atoms with Crippen LogP contribution in [0.2, 0.25) is 0 Å². The number of aromatic carboxylic acids is 1. The average molecular weight is 270 g/mol. The lowest BCUT2D eigenvalue weighted by Gasteiger charge is -2.03. The standard InChI is InChI=1S/C14H10N2O2S/c1-8-6-11(13-16-12(7-19-13)14(17)18)15-10-5-3-2-4-9(8)10/h2-7H,1H3,(H,17,18). The Kier molecular flexibility index (Phi) is 2.76. The minimum atomic E-state index is -1.01.